The van der Waals surface area contributed by atoms with Crippen LogP contribution in [-0.2, 0) is 0 Å². The number of hydrogen-bond donors (Lipinski definition) is 1. The largest absolute Gasteiger partial charge is 0.454 e. The second-order valence-electron chi connectivity index (χ2n) is 4.34. The van der Waals surface area contributed by atoms with Gasteiger partial charge in [0, 0.05) is 6.07 Å². The van der Waals surface area contributed by atoms with Gasteiger partial charge in [-0.2, -0.15) is 4.39 Å². The Labute approximate surface area is 118 Å². The van der Waals surface area contributed by atoms with E-state index >= 15 is 0 Å². The Kier molecular flexibility index (Phi) is 4.13. The van der Waals surface area contributed by atoms with Crippen LogP contribution >= 0.6 is 0 Å². The standard InChI is InChI=1S/C14H11F2NO4/c1-8(18)9-2-4-10(5-3-9)21-14-7-11(15)13(17(19)20)6-12(14)16/h2-8,18H,1H3/t8-/m1/s1. The number of benzene rings is 2. The molecule has 1 atom stereocenters. The monoisotopic (exact) mass is 295 g/mol. The number of aliphatic hydroxyl groups is 1. The smallest absolute Gasteiger partial charge is 0.307 e. The van der Waals surface area contributed by atoms with Crippen molar-refractivity contribution in [3.05, 3.63) is 63.7 Å². The predicted octanol–water partition coefficient (Wildman–Crippen LogP) is 3.72. The van der Waals surface area contributed by atoms with Gasteiger partial charge in [0.25, 0.3) is 0 Å². The summed E-state index contributed by atoms with van der Waals surface area (Å²) in [7, 11) is 0. The Morgan fingerprint density at radius 3 is 2.33 bits per heavy atom. The summed E-state index contributed by atoms with van der Waals surface area (Å²) in [5, 5.41) is 19.8. The number of aliphatic hydroxyl groups excluding tert-OH is 1. The van der Waals surface area contributed by atoms with Crippen LogP contribution in [0.1, 0.15) is 18.6 Å². The number of ether oxygens (including phenoxy) is 1. The van der Waals surface area contributed by atoms with E-state index in [1.165, 1.54) is 12.1 Å². The van der Waals surface area contributed by atoms with Gasteiger partial charge in [0.05, 0.1) is 17.1 Å². The van der Waals surface area contributed by atoms with E-state index in [-0.39, 0.29) is 5.75 Å². The zero-order valence-corrected chi connectivity index (χ0v) is 10.9. The van der Waals surface area contributed by atoms with Crippen LogP contribution in [0.15, 0.2) is 36.4 Å². The highest BCUT2D eigenvalue weighted by Gasteiger charge is 2.19. The Bertz CT molecular complexity index is 671. The Morgan fingerprint density at radius 1 is 1.19 bits per heavy atom. The fraction of sp³-hybridized carbons (Fsp3) is 0.143. The molecule has 0 saturated carbocycles. The molecule has 0 aliphatic carbocycles. The predicted molar refractivity (Wildman–Crippen MR) is 70.2 cm³/mol. The van der Waals surface area contributed by atoms with Gasteiger partial charge < -0.3 is 9.84 Å². The van der Waals surface area contributed by atoms with Crippen molar-refractivity contribution in [1.29, 1.82) is 0 Å². The minimum atomic E-state index is -1.18. The van der Waals surface area contributed by atoms with E-state index in [1.807, 2.05) is 0 Å². The van der Waals surface area contributed by atoms with Crippen LogP contribution in [-0.4, -0.2) is 10.0 Å². The van der Waals surface area contributed by atoms with Crippen LogP contribution in [0, 0.1) is 21.7 Å². The maximum Gasteiger partial charge on any atom is 0.307 e. The Morgan fingerprint density at radius 2 is 1.81 bits per heavy atom. The quantitative estimate of drug-likeness (QED) is 0.689. The number of halogens is 2. The Hall–Kier alpha value is -2.54. The molecule has 0 fully saturated rings. The van der Waals surface area contributed by atoms with E-state index in [1.54, 1.807) is 19.1 Å². The molecule has 2 aromatic rings. The molecule has 0 aliphatic heterocycles. The molecule has 0 unspecified atom stereocenters. The molecule has 0 amide bonds. The van der Waals surface area contributed by atoms with Crippen molar-refractivity contribution in [3.8, 4) is 11.5 Å². The number of hydrogen-bond acceptors (Lipinski definition) is 4. The summed E-state index contributed by atoms with van der Waals surface area (Å²) in [6, 6.07) is 7.17. The molecule has 21 heavy (non-hydrogen) atoms. The molecule has 5 nitrogen and oxygen atoms in total. The van der Waals surface area contributed by atoms with E-state index in [2.05, 4.69) is 0 Å². The summed E-state index contributed by atoms with van der Waals surface area (Å²) in [4.78, 5) is 9.47. The first-order valence-corrected chi connectivity index (χ1v) is 5.98. The van der Waals surface area contributed by atoms with E-state index in [0.29, 0.717) is 17.7 Å². The first kappa shape index (κ1) is 14.9. The van der Waals surface area contributed by atoms with Gasteiger partial charge >= 0.3 is 5.69 Å². The molecule has 7 heteroatoms. The normalized spacial score (nSPS) is 12.0. The third-order valence-electron chi connectivity index (χ3n) is 2.79. The zero-order chi connectivity index (χ0) is 15.6. The molecule has 2 aromatic carbocycles. The van der Waals surface area contributed by atoms with Crippen LogP contribution in [0.25, 0.3) is 0 Å². The number of nitro benzene ring substituents is 1. The summed E-state index contributed by atoms with van der Waals surface area (Å²) in [5.41, 5.74) is -0.318. The lowest BCUT2D eigenvalue weighted by Gasteiger charge is -2.09. The van der Waals surface area contributed by atoms with Crippen LogP contribution in [0.4, 0.5) is 14.5 Å². The van der Waals surface area contributed by atoms with Crippen LogP contribution < -0.4 is 4.74 Å². The zero-order valence-electron chi connectivity index (χ0n) is 10.9. The number of rotatable bonds is 4. The summed E-state index contributed by atoms with van der Waals surface area (Å²) in [5.74, 6) is -2.46. The average Bonchev–Trinajstić information content (AvgIpc) is 2.42. The molecule has 0 aliphatic rings. The second kappa shape index (κ2) is 5.84. The highest BCUT2D eigenvalue weighted by atomic mass is 19.1. The lowest BCUT2D eigenvalue weighted by Crippen LogP contribution is -1.97. The van der Waals surface area contributed by atoms with E-state index < -0.39 is 34.1 Å². The van der Waals surface area contributed by atoms with Crippen LogP contribution in [0.3, 0.4) is 0 Å². The number of nitrogens with zero attached hydrogens (tertiary/aromatic N) is 1. The maximum absolute atomic E-state index is 13.6. The van der Waals surface area contributed by atoms with Gasteiger partial charge in [0.2, 0.25) is 5.82 Å². The van der Waals surface area contributed by atoms with Crippen LogP contribution in [0.5, 0.6) is 11.5 Å². The van der Waals surface area contributed by atoms with Crippen molar-refractivity contribution in [2.75, 3.05) is 0 Å². The van der Waals surface area contributed by atoms with Gasteiger partial charge in [-0.05, 0) is 24.6 Å². The molecule has 0 heterocycles. The van der Waals surface area contributed by atoms with E-state index in [0.717, 1.165) is 0 Å². The first-order valence-electron chi connectivity index (χ1n) is 5.98. The molecular formula is C14H11F2NO4. The third kappa shape index (κ3) is 3.32. The van der Waals surface area contributed by atoms with Crippen molar-refractivity contribution >= 4 is 5.69 Å². The van der Waals surface area contributed by atoms with Crippen molar-refractivity contribution in [2.24, 2.45) is 0 Å². The lowest BCUT2D eigenvalue weighted by molar-refractivity contribution is -0.387. The molecule has 0 bridgehead atoms. The third-order valence-corrected chi connectivity index (χ3v) is 2.79. The van der Waals surface area contributed by atoms with Crippen molar-refractivity contribution < 1.29 is 23.5 Å². The molecular weight excluding hydrogens is 284 g/mol. The molecule has 110 valence electrons. The molecule has 0 spiro atoms. The van der Waals surface area contributed by atoms with E-state index in [4.69, 9.17) is 4.74 Å². The summed E-state index contributed by atoms with van der Waals surface area (Å²) >= 11 is 0. The van der Waals surface area contributed by atoms with Gasteiger partial charge in [-0.1, -0.05) is 12.1 Å². The molecule has 1 N–H and O–H groups in total. The highest BCUT2D eigenvalue weighted by molar-refractivity contribution is 5.41. The fourth-order valence-electron chi connectivity index (χ4n) is 1.68. The summed E-state index contributed by atoms with van der Waals surface area (Å²) in [6.45, 7) is 1.58. The van der Waals surface area contributed by atoms with Crippen molar-refractivity contribution in [1.82, 2.24) is 0 Å². The van der Waals surface area contributed by atoms with E-state index in [9.17, 15) is 24.0 Å². The first-order chi connectivity index (χ1) is 9.88. The second-order valence-corrected chi connectivity index (χ2v) is 4.34. The molecule has 0 aromatic heterocycles. The van der Waals surface area contributed by atoms with Crippen molar-refractivity contribution in [3.63, 3.8) is 0 Å². The summed E-state index contributed by atoms with van der Waals surface area (Å²) < 4.78 is 32.2. The summed E-state index contributed by atoms with van der Waals surface area (Å²) in [6.07, 6.45) is -0.660. The van der Waals surface area contributed by atoms with Gasteiger partial charge in [-0.3, -0.25) is 10.1 Å². The molecule has 0 radical (unpaired) electrons. The topological polar surface area (TPSA) is 72.6 Å². The van der Waals surface area contributed by atoms with Gasteiger partial charge in [-0.25, -0.2) is 4.39 Å². The minimum Gasteiger partial charge on any atom is -0.454 e. The van der Waals surface area contributed by atoms with Gasteiger partial charge in [-0.15, -0.1) is 0 Å². The average molecular weight is 295 g/mol. The van der Waals surface area contributed by atoms with Crippen molar-refractivity contribution in [2.45, 2.75) is 13.0 Å². The number of nitro groups is 1. The molecule has 0 saturated heterocycles. The lowest BCUT2D eigenvalue weighted by atomic mass is 10.1. The molecule has 2 rings (SSSR count). The SMILES string of the molecule is C[C@@H](O)c1ccc(Oc2cc(F)c([N+](=O)[O-])cc2F)cc1. The Balaban J connectivity index is 2.27. The minimum absolute atomic E-state index is 0.214. The van der Waals surface area contributed by atoms with Crippen LogP contribution in [0.2, 0.25) is 0 Å². The van der Waals surface area contributed by atoms with Gasteiger partial charge in [0.15, 0.2) is 11.6 Å². The fourth-order valence-corrected chi connectivity index (χ4v) is 1.68. The maximum atomic E-state index is 13.6. The highest BCUT2D eigenvalue weighted by Crippen LogP contribution is 2.30. The van der Waals surface area contributed by atoms with Gasteiger partial charge in [0.1, 0.15) is 5.75 Å².